The number of nitrogens with zero attached hydrogens (tertiary/aromatic N) is 3. The van der Waals surface area contributed by atoms with Gasteiger partial charge in [-0.2, -0.15) is 5.10 Å². The normalized spacial score (nSPS) is 18.0. The fourth-order valence-corrected chi connectivity index (χ4v) is 3.02. The first-order valence-electron chi connectivity index (χ1n) is 8.32. The highest BCUT2D eigenvalue weighted by Crippen LogP contribution is 2.16. The van der Waals surface area contributed by atoms with Crippen molar-refractivity contribution in [2.75, 3.05) is 6.54 Å². The smallest absolute Gasteiger partial charge is 0.317 e. The van der Waals surface area contributed by atoms with Crippen molar-refractivity contribution in [1.29, 1.82) is 0 Å². The molecular formula is C18H24N4O. The van der Waals surface area contributed by atoms with Crippen molar-refractivity contribution >= 4 is 6.03 Å². The van der Waals surface area contributed by atoms with Crippen molar-refractivity contribution < 1.29 is 4.79 Å². The number of piperidine rings is 1. The summed E-state index contributed by atoms with van der Waals surface area (Å²) in [5.41, 5.74) is 2.32. The molecule has 2 aromatic rings. The van der Waals surface area contributed by atoms with Crippen molar-refractivity contribution in [1.82, 2.24) is 20.0 Å². The molecule has 1 aliphatic heterocycles. The van der Waals surface area contributed by atoms with Gasteiger partial charge in [-0.1, -0.05) is 24.3 Å². The van der Waals surface area contributed by atoms with Crippen LogP contribution in [0.15, 0.2) is 42.7 Å². The lowest BCUT2D eigenvalue weighted by molar-refractivity contribution is 0.158. The minimum absolute atomic E-state index is 0.0535. The number of benzene rings is 1. The van der Waals surface area contributed by atoms with E-state index in [9.17, 15) is 4.79 Å². The molecule has 1 aromatic carbocycles. The van der Waals surface area contributed by atoms with Crippen molar-refractivity contribution in [3.63, 3.8) is 0 Å². The summed E-state index contributed by atoms with van der Waals surface area (Å²) < 4.78 is 1.90. The maximum absolute atomic E-state index is 12.3. The molecule has 1 atom stereocenters. The van der Waals surface area contributed by atoms with Gasteiger partial charge in [0.25, 0.3) is 0 Å². The molecule has 5 nitrogen and oxygen atoms in total. The largest absolute Gasteiger partial charge is 0.334 e. The monoisotopic (exact) mass is 312 g/mol. The summed E-state index contributed by atoms with van der Waals surface area (Å²) in [4.78, 5) is 14.2. The van der Waals surface area contributed by atoms with E-state index in [0.29, 0.717) is 12.6 Å². The van der Waals surface area contributed by atoms with Crippen LogP contribution in [0.25, 0.3) is 0 Å². The molecule has 1 aromatic heterocycles. The van der Waals surface area contributed by atoms with E-state index in [2.05, 4.69) is 41.6 Å². The molecule has 2 amide bonds. The van der Waals surface area contributed by atoms with Crippen LogP contribution in [0.2, 0.25) is 0 Å². The van der Waals surface area contributed by atoms with Crippen LogP contribution in [0.5, 0.6) is 0 Å². The van der Waals surface area contributed by atoms with Crippen molar-refractivity contribution in [2.45, 2.75) is 45.3 Å². The number of urea groups is 1. The Kier molecular flexibility index (Phi) is 4.95. The predicted molar refractivity (Wildman–Crippen MR) is 90.0 cm³/mol. The minimum atomic E-state index is 0.0535. The van der Waals surface area contributed by atoms with Crippen LogP contribution in [-0.2, 0) is 13.1 Å². The van der Waals surface area contributed by atoms with Gasteiger partial charge in [-0.05, 0) is 43.4 Å². The van der Waals surface area contributed by atoms with E-state index in [1.165, 1.54) is 12.0 Å². The first-order chi connectivity index (χ1) is 11.2. The van der Waals surface area contributed by atoms with E-state index >= 15 is 0 Å². The lowest BCUT2D eigenvalue weighted by atomic mass is 10.0. The van der Waals surface area contributed by atoms with E-state index in [1.54, 1.807) is 6.20 Å². The number of aromatic nitrogens is 2. The fourth-order valence-electron chi connectivity index (χ4n) is 3.02. The van der Waals surface area contributed by atoms with Gasteiger partial charge in [-0.15, -0.1) is 0 Å². The quantitative estimate of drug-likeness (QED) is 0.943. The number of carbonyl (C=O) groups excluding carboxylic acids is 1. The summed E-state index contributed by atoms with van der Waals surface area (Å²) in [5, 5.41) is 7.24. The Morgan fingerprint density at radius 2 is 2.04 bits per heavy atom. The van der Waals surface area contributed by atoms with E-state index in [1.807, 2.05) is 21.8 Å². The molecule has 122 valence electrons. The lowest BCUT2D eigenvalue weighted by Crippen LogP contribution is -2.47. The Hall–Kier alpha value is -2.30. The summed E-state index contributed by atoms with van der Waals surface area (Å²) in [6, 6.07) is 10.6. The van der Waals surface area contributed by atoms with Gasteiger partial charge in [0.2, 0.25) is 0 Å². The topological polar surface area (TPSA) is 50.2 Å². The zero-order chi connectivity index (χ0) is 16.1. The van der Waals surface area contributed by atoms with Gasteiger partial charge in [-0.3, -0.25) is 4.68 Å². The van der Waals surface area contributed by atoms with Crippen LogP contribution in [0, 0.1) is 0 Å². The summed E-state index contributed by atoms with van der Waals surface area (Å²) >= 11 is 0. The summed E-state index contributed by atoms with van der Waals surface area (Å²) in [7, 11) is 0. The Balaban J connectivity index is 1.51. The minimum Gasteiger partial charge on any atom is -0.334 e. The first kappa shape index (κ1) is 15.6. The van der Waals surface area contributed by atoms with Crippen LogP contribution in [-0.4, -0.2) is 33.3 Å². The zero-order valence-corrected chi connectivity index (χ0v) is 13.6. The number of rotatable bonds is 4. The number of carbonyl (C=O) groups is 1. The van der Waals surface area contributed by atoms with Gasteiger partial charge in [-0.25, -0.2) is 4.79 Å². The Morgan fingerprint density at radius 3 is 2.74 bits per heavy atom. The highest BCUT2D eigenvalue weighted by atomic mass is 16.2. The second kappa shape index (κ2) is 7.31. The maximum Gasteiger partial charge on any atom is 0.317 e. The molecule has 1 fully saturated rings. The average molecular weight is 312 g/mol. The number of amides is 2. The van der Waals surface area contributed by atoms with Crippen LogP contribution in [0.1, 0.15) is 37.3 Å². The Labute approximate surface area is 137 Å². The molecule has 0 spiro atoms. The van der Waals surface area contributed by atoms with Crippen LogP contribution >= 0.6 is 0 Å². The third kappa shape index (κ3) is 4.12. The van der Waals surface area contributed by atoms with Gasteiger partial charge >= 0.3 is 6.03 Å². The summed E-state index contributed by atoms with van der Waals surface area (Å²) in [5.74, 6) is 0. The van der Waals surface area contributed by atoms with Crippen molar-refractivity contribution in [2.24, 2.45) is 0 Å². The van der Waals surface area contributed by atoms with Crippen molar-refractivity contribution in [3.8, 4) is 0 Å². The molecule has 1 N–H and O–H groups in total. The second-order valence-electron chi connectivity index (χ2n) is 6.22. The van der Waals surface area contributed by atoms with Gasteiger partial charge in [0.05, 0.1) is 6.54 Å². The maximum atomic E-state index is 12.3. The highest BCUT2D eigenvalue weighted by Gasteiger charge is 2.22. The molecule has 3 rings (SSSR count). The predicted octanol–water partition coefficient (Wildman–Crippen LogP) is 3.02. The SMILES string of the molecule is CC1CCCCN1C(=O)NCc1ccc(Cn2cccn2)cc1. The number of hydrogen-bond acceptors (Lipinski definition) is 2. The molecule has 1 unspecified atom stereocenters. The summed E-state index contributed by atoms with van der Waals surface area (Å²) in [6.07, 6.45) is 7.18. The third-order valence-corrected chi connectivity index (χ3v) is 4.43. The van der Waals surface area contributed by atoms with E-state index in [0.717, 1.165) is 31.5 Å². The fraction of sp³-hybridized carbons (Fsp3) is 0.444. The molecule has 2 heterocycles. The number of nitrogens with one attached hydrogen (secondary N) is 1. The van der Waals surface area contributed by atoms with Gasteiger partial charge in [0, 0.05) is 31.5 Å². The molecule has 0 radical (unpaired) electrons. The molecule has 23 heavy (non-hydrogen) atoms. The van der Waals surface area contributed by atoms with Crippen LogP contribution < -0.4 is 5.32 Å². The third-order valence-electron chi connectivity index (χ3n) is 4.43. The summed E-state index contributed by atoms with van der Waals surface area (Å²) in [6.45, 7) is 4.34. The van der Waals surface area contributed by atoms with Gasteiger partial charge in [0.1, 0.15) is 0 Å². The first-order valence-corrected chi connectivity index (χ1v) is 8.32. The zero-order valence-electron chi connectivity index (χ0n) is 13.6. The molecule has 0 bridgehead atoms. The van der Waals surface area contributed by atoms with Crippen LogP contribution in [0.3, 0.4) is 0 Å². The van der Waals surface area contributed by atoms with Crippen LogP contribution in [0.4, 0.5) is 4.79 Å². The highest BCUT2D eigenvalue weighted by molar-refractivity contribution is 5.74. The Morgan fingerprint density at radius 1 is 1.26 bits per heavy atom. The number of hydrogen-bond donors (Lipinski definition) is 1. The molecule has 1 saturated heterocycles. The molecule has 5 heteroatoms. The average Bonchev–Trinajstić information content (AvgIpc) is 3.07. The molecule has 0 saturated carbocycles. The molecular weight excluding hydrogens is 288 g/mol. The molecule has 1 aliphatic rings. The second-order valence-corrected chi connectivity index (χ2v) is 6.22. The molecule has 0 aliphatic carbocycles. The van der Waals surface area contributed by atoms with Crippen molar-refractivity contribution in [3.05, 3.63) is 53.9 Å². The van der Waals surface area contributed by atoms with Gasteiger partial charge in [0.15, 0.2) is 0 Å². The van der Waals surface area contributed by atoms with E-state index in [-0.39, 0.29) is 6.03 Å². The lowest BCUT2D eigenvalue weighted by Gasteiger charge is -2.33. The van der Waals surface area contributed by atoms with E-state index < -0.39 is 0 Å². The Bertz CT molecular complexity index is 621. The van der Waals surface area contributed by atoms with E-state index in [4.69, 9.17) is 0 Å². The standard InChI is InChI=1S/C18H24N4O/c1-15-5-2-3-12-22(15)18(23)19-13-16-6-8-17(9-7-16)14-21-11-4-10-20-21/h4,6-11,15H,2-3,5,12-14H2,1H3,(H,19,23). The van der Waals surface area contributed by atoms with Gasteiger partial charge < -0.3 is 10.2 Å². The number of likely N-dealkylation sites (tertiary alicyclic amines) is 1.